The number of unbranched alkanes of at least 4 members (excludes halogenated alkanes) is 3. The lowest BCUT2D eigenvalue weighted by Crippen LogP contribution is -2.28. The predicted molar refractivity (Wildman–Crippen MR) is 99.7 cm³/mol. The molecule has 0 bridgehead atoms. The Balaban J connectivity index is 4.05. The zero-order valence-corrected chi connectivity index (χ0v) is 16.3. The van der Waals surface area contributed by atoms with Crippen molar-refractivity contribution in [2.45, 2.75) is 83.7 Å². The molecule has 6 nitrogen and oxygen atoms in total. The van der Waals surface area contributed by atoms with Crippen LogP contribution in [0.25, 0.3) is 0 Å². The van der Waals surface area contributed by atoms with E-state index in [1.807, 2.05) is 13.8 Å². The Morgan fingerprint density at radius 1 is 1.08 bits per heavy atom. The van der Waals surface area contributed by atoms with Crippen molar-refractivity contribution in [2.24, 2.45) is 0 Å². The monoisotopic (exact) mass is 375 g/mol. The van der Waals surface area contributed by atoms with Gasteiger partial charge in [0.1, 0.15) is 5.60 Å². The van der Waals surface area contributed by atoms with Crippen molar-refractivity contribution in [1.82, 2.24) is 4.72 Å². The van der Waals surface area contributed by atoms with E-state index in [0.29, 0.717) is 32.2 Å². The van der Waals surface area contributed by atoms with Crippen LogP contribution in [-0.2, 0) is 14.8 Å². The second-order valence-corrected chi connectivity index (χ2v) is 8.28. The summed E-state index contributed by atoms with van der Waals surface area (Å²) >= 11 is 0. The molecule has 0 rings (SSSR count). The Morgan fingerprint density at radius 3 is 2.24 bits per heavy atom. The van der Waals surface area contributed by atoms with E-state index in [1.165, 1.54) is 0 Å². The Bertz CT molecular complexity index is 527. The van der Waals surface area contributed by atoms with Gasteiger partial charge in [0.2, 0.25) is 10.0 Å². The lowest BCUT2D eigenvalue weighted by molar-refractivity contribution is -0.137. The SMILES string of the molecule is CCCC(O)(C#CCCS(=O)(=O)NCCCCCCC(=O)O)CCC. The highest BCUT2D eigenvalue weighted by molar-refractivity contribution is 7.89. The van der Waals surface area contributed by atoms with Crippen LogP contribution >= 0.6 is 0 Å². The summed E-state index contributed by atoms with van der Waals surface area (Å²) in [5, 5.41) is 18.9. The van der Waals surface area contributed by atoms with Gasteiger partial charge in [0.05, 0.1) is 5.75 Å². The highest BCUT2D eigenvalue weighted by atomic mass is 32.2. The minimum atomic E-state index is -3.36. The van der Waals surface area contributed by atoms with Crippen LogP contribution in [0.4, 0.5) is 0 Å². The van der Waals surface area contributed by atoms with E-state index in [-0.39, 0.29) is 18.6 Å². The maximum atomic E-state index is 11.9. The molecule has 0 spiro atoms. The molecular formula is C18H33NO5S. The molecule has 0 aromatic carbocycles. The van der Waals surface area contributed by atoms with Gasteiger partial charge in [-0.15, -0.1) is 0 Å². The van der Waals surface area contributed by atoms with Crippen LogP contribution in [0.1, 0.15) is 78.1 Å². The van der Waals surface area contributed by atoms with Gasteiger partial charge in [-0.1, -0.05) is 51.4 Å². The molecular weight excluding hydrogens is 342 g/mol. The van der Waals surface area contributed by atoms with Gasteiger partial charge in [-0.2, -0.15) is 0 Å². The minimum Gasteiger partial charge on any atom is -0.481 e. The summed E-state index contributed by atoms with van der Waals surface area (Å²) < 4.78 is 26.3. The molecule has 0 atom stereocenters. The third kappa shape index (κ3) is 13.8. The Hall–Kier alpha value is -1.10. The van der Waals surface area contributed by atoms with Gasteiger partial charge in [0, 0.05) is 19.4 Å². The predicted octanol–water partition coefficient (Wildman–Crippen LogP) is 2.67. The standard InChI is InChI=1S/C18H33NO5S/c1-3-12-18(22,13-4-2)14-8-10-16-25(23,24)19-15-9-6-5-7-11-17(20)21/h19,22H,3-7,9-13,15-16H2,1-2H3,(H,20,21). The van der Waals surface area contributed by atoms with E-state index in [1.54, 1.807) is 0 Å². The second-order valence-electron chi connectivity index (χ2n) is 6.35. The van der Waals surface area contributed by atoms with Crippen molar-refractivity contribution in [2.75, 3.05) is 12.3 Å². The quantitative estimate of drug-likeness (QED) is 0.320. The van der Waals surface area contributed by atoms with Crippen molar-refractivity contribution in [3.05, 3.63) is 0 Å². The zero-order chi connectivity index (χ0) is 19.2. The third-order valence-corrected chi connectivity index (χ3v) is 5.17. The first-order valence-corrected chi connectivity index (χ1v) is 10.8. The lowest BCUT2D eigenvalue weighted by Gasteiger charge is -2.20. The zero-order valence-electron chi connectivity index (χ0n) is 15.5. The van der Waals surface area contributed by atoms with Crippen LogP contribution in [0.2, 0.25) is 0 Å². The lowest BCUT2D eigenvalue weighted by atomic mass is 9.93. The van der Waals surface area contributed by atoms with Crippen molar-refractivity contribution in [3.63, 3.8) is 0 Å². The maximum Gasteiger partial charge on any atom is 0.303 e. The maximum absolute atomic E-state index is 11.9. The van der Waals surface area contributed by atoms with Crippen LogP contribution in [-0.4, -0.2) is 42.5 Å². The van der Waals surface area contributed by atoms with Gasteiger partial charge in [0.15, 0.2) is 0 Å². The number of aliphatic carboxylic acids is 1. The van der Waals surface area contributed by atoms with Crippen molar-refractivity contribution in [3.8, 4) is 11.8 Å². The summed E-state index contributed by atoms with van der Waals surface area (Å²) in [5.74, 6) is 4.77. The number of sulfonamides is 1. The molecule has 0 aliphatic heterocycles. The van der Waals surface area contributed by atoms with Crippen molar-refractivity contribution >= 4 is 16.0 Å². The average Bonchev–Trinajstić information content (AvgIpc) is 2.51. The minimum absolute atomic E-state index is 0.0760. The number of rotatable bonds is 14. The van der Waals surface area contributed by atoms with Gasteiger partial charge in [0.25, 0.3) is 0 Å². The number of hydrogen-bond donors (Lipinski definition) is 3. The molecule has 0 aromatic rings. The molecule has 0 heterocycles. The number of carboxylic acids is 1. The molecule has 0 radical (unpaired) electrons. The molecule has 25 heavy (non-hydrogen) atoms. The van der Waals surface area contributed by atoms with Crippen molar-refractivity contribution < 1.29 is 23.4 Å². The highest BCUT2D eigenvalue weighted by Gasteiger charge is 2.21. The molecule has 3 N–H and O–H groups in total. The number of carboxylic acid groups (broad SMARTS) is 1. The van der Waals surface area contributed by atoms with Crippen LogP contribution in [0, 0.1) is 11.8 Å². The first-order chi connectivity index (χ1) is 11.7. The summed E-state index contributed by atoms with van der Waals surface area (Å²) in [4.78, 5) is 10.4. The number of nitrogens with one attached hydrogen (secondary N) is 1. The molecule has 0 aliphatic carbocycles. The van der Waals surface area contributed by atoms with Crippen LogP contribution in [0.15, 0.2) is 0 Å². The third-order valence-electron chi connectivity index (χ3n) is 3.78. The fraction of sp³-hybridized carbons (Fsp3) is 0.833. The number of hydrogen-bond acceptors (Lipinski definition) is 4. The van der Waals surface area contributed by atoms with Gasteiger partial charge in [-0.25, -0.2) is 13.1 Å². The Labute approximate surface area is 152 Å². The number of carbonyl (C=O) groups is 1. The molecule has 0 fully saturated rings. The van der Waals surface area contributed by atoms with Crippen LogP contribution < -0.4 is 4.72 Å². The Morgan fingerprint density at radius 2 is 1.68 bits per heavy atom. The summed E-state index contributed by atoms with van der Waals surface area (Å²) in [6, 6.07) is 0. The molecule has 0 aromatic heterocycles. The van der Waals surface area contributed by atoms with E-state index >= 15 is 0 Å². The summed E-state index contributed by atoms with van der Waals surface area (Å²) in [6.07, 6.45) is 6.12. The largest absolute Gasteiger partial charge is 0.481 e. The van der Waals surface area contributed by atoms with E-state index in [4.69, 9.17) is 5.11 Å². The fourth-order valence-corrected chi connectivity index (χ4v) is 3.51. The summed E-state index contributed by atoms with van der Waals surface area (Å²) in [6.45, 7) is 4.33. The van der Waals surface area contributed by atoms with Crippen LogP contribution in [0.3, 0.4) is 0 Å². The van der Waals surface area contributed by atoms with E-state index < -0.39 is 21.6 Å². The van der Waals surface area contributed by atoms with Gasteiger partial charge < -0.3 is 10.2 Å². The second kappa shape index (κ2) is 13.2. The first kappa shape index (κ1) is 23.9. The topological polar surface area (TPSA) is 104 Å². The molecule has 146 valence electrons. The van der Waals surface area contributed by atoms with Crippen LogP contribution in [0.5, 0.6) is 0 Å². The summed E-state index contributed by atoms with van der Waals surface area (Å²) in [5.41, 5.74) is -1.00. The molecule has 0 amide bonds. The molecule has 0 saturated carbocycles. The molecule has 0 aliphatic rings. The van der Waals surface area contributed by atoms with E-state index in [9.17, 15) is 18.3 Å². The van der Waals surface area contributed by atoms with Crippen molar-refractivity contribution in [1.29, 1.82) is 0 Å². The Kier molecular flexibility index (Phi) is 12.6. The molecule has 0 saturated heterocycles. The highest BCUT2D eigenvalue weighted by Crippen LogP contribution is 2.18. The molecule has 7 heteroatoms. The average molecular weight is 376 g/mol. The van der Waals surface area contributed by atoms with E-state index in [2.05, 4.69) is 16.6 Å². The summed E-state index contributed by atoms with van der Waals surface area (Å²) in [7, 11) is -3.36. The fourth-order valence-electron chi connectivity index (χ4n) is 2.54. The van der Waals surface area contributed by atoms with Gasteiger partial charge >= 0.3 is 5.97 Å². The smallest absolute Gasteiger partial charge is 0.303 e. The normalized spacial score (nSPS) is 11.8. The first-order valence-electron chi connectivity index (χ1n) is 9.16. The van der Waals surface area contributed by atoms with Gasteiger partial charge in [-0.3, -0.25) is 4.79 Å². The van der Waals surface area contributed by atoms with Gasteiger partial charge in [-0.05, 0) is 25.7 Å². The molecule has 0 unspecified atom stereocenters. The van der Waals surface area contributed by atoms with E-state index in [0.717, 1.165) is 25.7 Å². The number of aliphatic hydroxyl groups is 1.